The molecule has 0 spiro atoms. The van der Waals surface area contributed by atoms with Gasteiger partial charge in [0, 0.05) is 19.3 Å². The zero-order valence-electron chi connectivity index (χ0n) is 6.95. The Balaban J connectivity index is 2.60. The Morgan fingerprint density at radius 1 is 1.67 bits per heavy atom. The van der Waals surface area contributed by atoms with Crippen LogP contribution in [0.3, 0.4) is 0 Å². The number of aliphatic hydroxyl groups is 1. The maximum atomic E-state index is 8.50. The summed E-state index contributed by atoms with van der Waals surface area (Å²) in [4.78, 5) is 4.01. The lowest BCUT2D eigenvalue weighted by molar-refractivity contribution is 0.201. The molecule has 0 unspecified atom stereocenters. The second kappa shape index (κ2) is 4.56. The molecule has 1 aromatic heterocycles. The summed E-state index contributed by atoms with van der Waals surface area (Å²) in [6, 6.07) is 3.52. The summed E-state index contributed by atoms with van der Waals surface area (Å²) >= 11 is 0. The van der Waals surface area contributed by atoms with Gasteiger partial charge in [-0.3, -0.25) is 0 Å². The molecule has 2 N–H and O–H groups in total. The van der Waals surface area contributed by atoms with Gasteiger partial charge in [-0.25, -0.2) is 4.98 Å². The van der Waals surface area contributed by atoms with Gasteiger partial charge in [0.1, 0.15) is 18.2 Å². The maximum absolute atomic E-state index is 8.50. The molecule has 1 rings (SSSR count). The third-order valence-corrected chi connectivity index (χ3v) is 1.35. The van der Waals surface area contributed by atoms with Crippen LogP contribution in [0.1, 0.15) is 0 Å². The predicted octanol–water partition coefficient (Wildman–Crippen LogP) is 0.494. The average Bonchev–Trinajstić information content (AvgIpc) is 2.15. The lowest BCUT2D eigenvalue weighted by Crippen LogP contribution is -2.02. The van der Waals surface area contributed by atoms with Gasteiger partial charge >= 0.3 is 0 Å². The highest BCUT2D eigenvalue weighted by Gasteiger charge is 1.94. The van der Waals surface area contributed by atoms with E-state index < -0.39 is 0 Å². The molecule has 0 aliphatic heterocycles. The van der Waals surface area contributed by atoms with Gasteiger partial charge in [-0.15, -0.1) is 0 Å². The number of hydrogen-bond acceptors (Lipinski definition) is 4. The van der Waals surface area contributed by atoms with Crippen LogP contribution in [-0.4, -0.2) is 30.4 Å². The average molecular weight is 168 g/mol. The first-order chi connectivity index (χ1) is 5.86. The SMILES string of the molecule is CNc1cc(OCCO)ccn1. The first-order valence-corrected chi connectivity index (χ1v) is 3.74. The van der Waals surface area contributed by atoms with E-state index >= 15 is 0 Å². The molecular weight excluding hydrogens is 156 g/mol. The Hall–Kier alpha value is -1.29. The molecule has 0 aromatic carbocycles. The predicted molar refractivity (Wildman–Crippen MR) is 46.4 cm³/mol. The van der Waals surface area contributed by atoms with Crippen LogP contribution >= 0.6 is 0 Å². The molecule has 0 saturated carbocycles. The van der Waals surface area contributed by atoms with E-state index in [0.29, 0.717) is 12.4 Å². The standard InChI is InChI=1S/C8H12N2O2/c1-9-8-6-7(2-3-10-8)12-5-4-11/h2-3,6,11H,4-5H2,1H3,(H,9,10). The summed E-state index contributed by atoms with van der Waals surface area (Å²) in [5.41, 5.74) is 0. The number of nitrogens with one attached hydrogen (secondary N) is 1. The highest BCUT2D eigenvalue weighted by atomic mass is 16.5. The van der Waals surface area contributed by atoms with E-state index in [1.807, 2.05) is 0 Å². The molecular formula is C8H12N2O2. The molecule has 0 fully saturated rings. The number of aliphatic hydroxyl groups excluding tert-OH is 1. The van der Waals surface area contributed by atoms with Gasteiger partial charge in [0.05, 0.1) is 6.61 Å². The van der Waals surface area contributed by atoms with Crippen LogP contribution in [0.25, 0.3) is 0 Å². The second-order valence-electron chi connectivity index (χ2n) is 2.20. The highest BCUT2D eigenvalue weighted by molar-refractivity contribution is 5.39. The van der Waals surface area contributed by atoms with Gasteiger partial charge in [0.15, 0.2) is 0 Å². The third kappa shape index (κ3) is 2.39. The largest absolute Gasteiger partial charge is 0.491 e. The topological polar surface area (TPSA) is 54.4 Å². The Kier molecular flexibility index (Phi) is 3.35. The second-order valence-corrected chi connectivity index (χ2v) is 2.20. The zero-order chi connectivity index (χ0) is 8.81. The van der Waals surface area contributed by atoms with E-state index in [9.17, 15) is 0 Å². The molecule has 0 atom stereocenters. The van der Waals surface area contributed by atoms with Crippen molar-refractivity contribution in [3.8, 4) is 5.75 Å². The van der Waals surface area contributed by atoms with Crippen LogP contribution in [0.2, 0.25) is 0 Å². The molecule has 0 bridgehead atoms. The minimum absolute atomic E-state index is 0.0250. The summed E-state index contributed by atoms with van der Waals surface area (Å²) < 4.78 is 5.17. The number of ether oxygens (including phenoxy) is 1. The zero-order valence-corrected chi connectivity index (χ0v) is 6.95. The van der Waals surface area contributed by atoms with Crippen LogP contribution in [0.5, 0.6) is 5.75 Å². The van der Waals surface area contributed by atoms with Gasteiger partial charge in [0.2, 0.25) is 0 Å². The van der Waals surface area contributed by atoms with Crippen molar-refractivity contribution in [2.45, 2.75) is 0 Å². The number of aromatic nitrogens is 1. The van der Waals surface area contributed by atoms with Crippen molar-refractivity contribution in [1.82, 2.24) is 4.98 Å². The Bertz CT molecular complexity index is 240. The van der Waals surface area contributed by atoms with Crippen molar-refractivity contribution in [2.75, 3.05) is 25.6 Å². The molecule has 0 radical (unpaired) electrons. The van der Waals surface area contributed by atoms with Crippen molar-refractivity contribution in [2.24, 2.45) is 0 Å². The number of nitrogens with zero attached hydrogens (tertiary/aromatic N) is 1. The van der Waals surface area contributed by atoms with E-state index in [1.165, 1.54) is 0 Å². The number of hydrogen-bond donors (Lipinski definition) is 2. The molecule has 0 aliphatic carbocycles. The minimum Gasteiger partial charge on any atom is -0.491 e. The highest BCUT2D eigenvalue weighted by Crippen LogP contribution is 2.13. The Morgan fingerprint density at radius 2 is 2.50 bits per heavy atom. The van der Waals surface area contributed by atoms with E-state index in [0.717, 1.165) is 5.82 Å². The number of anilines is 1. The normalized spacial score (nSPS) is 9.50. The van der Waals surface area contributed by atoms with Gasteiger partial charge in [-0.2, -0.15) is 0 Å². The molecule has 0 saturated heterocycles. The van der Waals surface area contributed by atoms with Gasteiger partial charge in [-0.05, 0) is 6.07 Å². The summed E-state index contributed by atoms with van der Waals surface area (Å²) in [6.07, 6.45) is 1.65. The fraction of sp³-hybridized carbons (Fsp3) is 0.375. The van der Waals surface area contributed by atoms with E-state index in [4.69, 9.17) is 9.84 Å². The van der Waals surface area contributed by atoms with Crippen molar-refractivity contribution >= 4 is 5.82 Å². The molecule has 1 aromatic rings. The molecule has 0 amide bonds. The van der Waals surface area contributed by atoms with Gasteiger partial charge in [0.25, 0.3) is 0 Å². The lowest BCUT2D eigenvalue weighted by Gasteiger charge is -2.04. The number of rotatable bonds is 4. The van der Waals surface area contributed by atoms with E-state index in [-0.39, 0.29) is 6.61 Å². The summed E-state index contributed by atoms with van der Waals surface area (Å²) in [5.74, 6) is 1.47. The first kappa shape index (κ1) is 8.80. The molecule has 66 valence electrons. The fourth-order valence-corrected chi connectivity index (χ4v) is 0.801. The minimum atomic E-state index is 0.0250. The van der Waals surface area contributed by atoms with Crippen molar-refractivity contribution < 1.29 is 9.84 Å². The lowest BCUT2D eigenvalue weighted by atomic mass is 10.4. The van der Waals surface area contributed by atoms with Crippen LogP contribution < -0.4 is 10.1 Å². The third-order valence-electron chi connectivity index (χ3n) is 1.35. The van der Waals surface area contributed by atoms with Crippen LogP contribution in [0.4, 0.5) is 5.82 Å². The van der Waals surface area contributed by atoms with Crippen LogP contribution in [0.15, 0.2) is 18.3 Å². The van der Waals surface area contributed by atoms with Crippen molar-refractivity contribution in [3.05, 3.63) is 18.3 Å². The van der Waals surface area contributed by atoms with Crippen LogP contribution in [-0.2, 0) is 0 Å². The molecule has 4 nitrogen and oxygen atoms in total. The number of pyridine rings is 1. The Morgan fingerprint density at radius 3 is 3.17 bits per heavy atom. The van der Waals surface area contributed by atoms with Crippen molar-refractivity contribution in [1.29, 1.82) is 0 Å². The molecule has 4 heteroatoms. The van der Waals surface area contributed by atoms with Gasteiger partial charge < -0.3 is 15.2 Å². The molecule has 1 heterocycles. The van der Waals surface area contributed by atoms with Crippen molar-refractivity contribution in [3.63, 3.8) is 0 Å². The quantitative estimate of drug-likeness (QED) is 0.687. The molecule has 0 aliphatic rings. The summed E-state index contributed by atoms with van der Waals surface area (Å²) in [6.45, 7) is 0.338. The summed E-state index contributed by atoms with van der Waals surface area (Å²) in [7, 11) is 1.79. The fourth-order valence-electron chi connectivity index (χ4n) is 0.801. The smallest absolute Gasteiger partial charge is 0.129 e. The summed E-state index contributed by atoms with van der Waals surface area (Å²) in [5, 5.41) is 11.4. The molecule has 12 heavy (non-hydrogen) atoms. The monoisotopic (exact) mass is 168 g/mol. The Labute approximate surface area is 71.2 Å². The first-order valence-electron chi connectivity index (χ1n) is 3.74. The van der Waals surface area contributed by atoms with E-state index in [2.05, 4.69) is 10.3 Å². The van der Waals surface area contributed by atoms with Gasteiger partial charge in [-0.1, -0.05) is 0 Å². The maximum Gasteiger partial charge on any atom is 0.129 e. The van der Waals surface area contributed by atoms with E-state index in [1.54, 1.807) is 25.4 Å². The van der Waals surface area contributed by atoms with Crippen LogP contribution in [0, 0.1) is 0 Å².